The Balaban J connectivity index is 3.58. The van der Waals surface area contributed by atoms with Crippen molar-refractivity contribution in [3.8, 4) is 0 Å². The standard InChI is InChI=1S/C7H15O/c1-5-7(3,6-2)8-4/h3,5-6H2,1-2,4H3. The lowest BCUT2D eigenvalue weighted by atomic mass is 10.0. The van der Waals surface area contributed by atoms with E-state index in [0.29, 0.717) is 0 Å². The molecule has 0 unspecified atom stereocenters. The highest BCUT2D eigenvalue weighted by Gasteiger charge is 2.16. The van der Waals surface area contributed by atoms with Crippen LogP contribution in [0.2, 0.25) is 0 Å². The molecule has 0 heterocycles. The van der Waals surface area contributed by atoms with Gasteiger partial charge in [0.15, 0.2) is 0 Å². The molecule has 49 valence electrons. The van der Waals surface area contributed by atoms with Gasteiger partial charge in [-0.2, -0.15) is 0 Å². The minimum atomic E-state index is -0.125. The Labute approximate surface area is 52.0 Å². The summed E-state index contributed by atoms with van der Waals surface area (Å²) >= 11 is 0. The molecule has 0 N–H and O–H groups in total. The second-order valence-corrected chi connectivity index (χ2v) is 2.09. The summed E-state index contributed by atoms with van der Waals surface area (Å²) in [6.07, 6.45) is 1.97. The van der Waals surface area contributed by atoms with E-state index in [1.54, 1.807) is 7.11 Å². The Morgan fingerprint density at radius 1 is 1.38 bits per heavy atom. The summed E-state index contributed by atoms with van der Waals surface area (Å²) in [4.78, 5) is 0. The van der Waals surface area contributed by atoms with Crippen LogP contribution in [0.3, 0.4) is 0 Å². The number of rotatable bonds is 3. The molecular formula is C7H15O. The first-order valence-electron chi connectivity index (χ1n) is 3.09. The van der Waals surface area contributed by atoms with Crippen LogP contribution in [0.15, 0.2) is 0 Å². The molecular weight excluding hydrogens is 100 g/mol. The molecule has 0 atom stereocenters. The fraction of sp³-hybridized carbons (Fsp3) is 0.857. The van der Waals surface area contributed by atoms with Gasteiger partial charge < -0.3 is 4.74 Å². The monoisotopic (exact) mass is 115 g/mol. The Morgan fingerprint density at radius 2 is 1.75 bits per heavy atom. The maximum absolute atomic E-state index is 5.12. The molecule has 0 saturated carbocycles. The van der Waals surface area contributed by atoms with Crippen LogP contribution in [-0.4, -0.2) is 12.7 Å². The van der Waals surface area contributed by atoms with E-state index in [1.165, 1.54) is 0 Å². The smallest absolute Gasteiger partial charge is 0.0674 e. The Bertz CT molecular complexity index is 47.1. The molecule has 1 nitrogen and oxygen atoms in total. The van der Waals surface area contributed by atoms with E-state index in [2.05, 4.69) is 20.8 Å². The number of ether oxygens (including phenoxy) is 1. The zero-order chi connectivity index (χ0) is 6.62. The highest BCUT2D eigenvalue weighted by molar-refractivity contribution is 4.78. The molecule has 0 aromatic rings. The van der Waals surface area contributed by atoms with Crippen LogP contribution < -0.4 is 0 Å². The van der Waals surface area contributed by atoms with Gasteiger partial charge in [0.05, 0.1) is 5.60 Å². The Kier molecular flexibility index (Phi) is 3.06. The summed E-state index contributed by atoms with van der Waals surface area (Å²) in [6.45, 7) is 8.07. The molecule has 0 saturated heterocycles. The van der Waals surface area contributed by atoms with E-state index in [-0.39, 0.29) is 5.60 Å². The van der Waals surface area contributed by atoms with Crippen molar-refractivity contribution in [2.75, 3.05) is 7.11 Å². The maximum Gasteiger partial charge on any atom is 0.0674 e. The molecule has 8 heavy (non-hydrogen) atoms. The molecule has 0 aromatic carbocycles. The molecule has 0 spiro atoms. The molecule has 0 aliphatic rings. The van der Waals surface area contributed by atoms with Gasteiger partial charge in [-0.25, -0.2) is 0 Å². The molecule has 0 fully saturated rings. The van der Waals surface area contributed by atoms with Crippen molar-refractivity contribution in [1.82, 2.24) is 0 Å². The first-order valence-corrected chi connectivity index (χ1v) is 3.09. The second-order valence-electron chi connectivity index (χ2n) is 2.09. The predicted octanol–water partition coefficient (Wildman–Crippen LogP) is 2.03. The van der Waals surface area contributed by atoms with E-state index < -0.39 is 0 Å². The van der Waals surface area contributed by atoms with Gasteiger partial charge in [-0.1, -0.05) is 13.8 Å². The van der Waals surface area contributed by atoms with Crippen LogP contribution in [0.5, 0.6) is 0 Å². The van der Waals surface area contributed by atoms with Crippen molar-refractivity contribution in [2.24, 2.45) is 0 Å². The van der Waals surface area contributed by atoms with Gasteiger partial charge >= 0.3 is 0 Å². The third-order valence-corrected chi connectivity index (χ3v) is 1.72. The fourth-order valence-corrected chi connectivity index (χ4v) is 0.539. The van der Waals surface area contributed by atoms with Crippen LogP contribution >= 0.6 is 0 Å². The molecule has 0 aliphatic carbocycles. The van der Waals surface area contributed by atoms with Gasteiger partial charge in [0.2, 0.25) is 0 Å². The maximum atomic E-state index is 5.12. The highest BCUT2D eigenvalue weighted by atomic mass is 16.5. The lowest BCUT2D eigenvalue weighted by Gasteiger charge is -2.23. The van der Waals surface area contributed by atoms with Crippen molar-refractivity contribution in [1.29, 1.82) is 0 Å². The molecule has 0 bridgehead atoms. The van der Waals surface area contributed by atoms with Crippen LogP contribution in [0.4, 0.5) is 0 Å². The van der Waals surface area contributed by atoms with Gasteiger partial charge in [0.25, 0.3) is 0 Å². The molecule has 0 rings (SSSR count). The summed E-state index contributed by atoms with van der Waals surface area (Å²) in [6, 6.07) is 0. The quantitative estimate of drug-likeness (QED) is 0.546. The lowest BCUT2D eigenvalue weighted by Crippen LogP contribution is -2.24. The topological polar surface area (TPSA) is 9.23 Å². The average molecular weight is 115 g/mol. The van der Waals surface area contributed by atoms with Crippen molar-refractivity contribution in [3.05, 3.63) is 6.92 Å². The summed E-state index contributed by atoms with van der Waals surface area (Å²) in [5.41, 5.74) is -0.125. The molecule has 0 aromatic heterocycles. The van der Waals surface area contributed by atoms with Gasteiger partial charge in [0.1, 0.15) is 0 Å². The second kappa shape index (κ2) is 3.08. The third kappa shape index (κ3) is 1.83. The zero-order valence-electron chi connectivity index (χ0n) is 6.03. The number of methoxy groups -OCH3 is 1. The highest BCUT2D eigenvalue weighted by Crippen LogP contribution is 2.16. The van der Waals surface area contributed by atoms with E-state index in [1.807, 2.05) is 0 Å². The largest absolute Gasteiger partial charge is 0.378 e. The zero-order valence-corrected chi connectivity index (χ0v) is 6.03. The molecule has 0 aliphatic heterocycles. The van der Waals surface area contributed by atoms with Crippen LogP contribution in [0.25, 0.3) is 0 Å². The van der Waals surface area contributed by atoms with E-state index in [9.17, 15) is 0 Å². The lowest BCUT2D eigenvalue weighted by molar-refractivity contribution is 0.0232. The van der Waals surface area contributed by atoms with Crippen LogP contribution in [0, 0.1) is 6.92 Å². The first kappa shape index (κ1) is 7.96. The number of hydrogen-bond donors (Lipinski definition) is 0. The van der Waals surface area contributed by atoms with Crippen LogP contribution in [-0.2, 0) is 4.74 Å². The Hall–Kier alpha value is -0.0400. The van der Waals surface area contributed by atoms with Crippen molar-refractivity contribution >= 4 is 0 Å². The minimum absolute atomic E-state index is 0.125. The third-order valence-electron chi connectivity index (χ3n) is 1.72. The fourth-order valence-electron chi connectivity index (χ4n) is 0.539. The van der Waals surface area contributed by atoms with E-state index >= 15 is 0 Å². The SMILES string of the molecule is [CH2]C(CC)(CC)OC. The summed E-state index contributed by atoms with van der Waals surface area (Å²) < 4.78 is 5.12. The van der Waals surface area contributed by atoms with Crippen molar-refractivity contribution in [2.45, 2.75) is 32.3 Å². The van der Waals surface area contributed by atoms with E-state index in [0.717, 1.165) is 12.8 Å². The van der Waals surface area contributed by atoms with E-state index in [4.69, 9.17) is 4.74 Å². The predicted molar refractivity (Wildman–Crippen MR) is 35.7 cm³/mol. The molecule has 0 amide bonds. The summed E-state index contributed by atoms with van der Waals surface area (Å²) in [5.74, 6) is 0. The minimum Gasteiger partial charge on any atom is -0.378 e. The van der Waals surface area contributed by atoms with Crippen molar-refractivity contribution < 1.29 is 4.74 Å². The number of hydrogen-bond acceptors (Lipinski definition) is 1. The summed E-state index contributed by atoms with van der Waals surface area (Å²) in [7, 11) is 1.71. The van der Waals surface area contributed by atoms with Gasteiger partial charge in [-0.15, -0.1) is 0 Å². The Morgan fingerprint density at radius 3 is 1.75 bits per heavy atom. The van der Waals surface area contributed by atoms with Gasteiger partial charge in [0, 0.05) is 7.11 Å². The van der Waals surface area contributed by atoms with Crippen molar-refractivity contribution in [3.63, 3.8) is 0 Å². The van der Waals surface area contributed by atoms with Crippen LogP contribution in [0.1, 0.15) is 26.7 Å². The average Bonchev–Trinajstić information content (AvgIpc) is 1.87. The van der Waals surface area contributed by atoms with Gasteiger partial charge in [-0.05, 0) is 19.8 Å². The molecule has 1 heteroatoms. The summed E-state index contributed by atoms with van der Waals surface area (Å²) in [5, 5.41) is 0. The normalized spacial score (nSPS) is 12.0. The molecule has 1 radical (unpaired) electrons. The first-order chi connectivity index (χ1) is 3.68. The van der Waals surface area contributed by atoms with Gasteiger partial charge in [-0.3, -0.25) is 0 Å².